The summed E-state index contributed by atoms with van der Waals surface area (Å²) in [5.41, 5.74) is 1.26. The van der Waals surface area contributed by atoms with Gasteiger partial charge in [0.05, 0.1) is 6.42 Å². The summed E-state index contributed by atoms with van der Waals surface area (Å²) in [6.45, 7) is 1.82. The highest BCUT2D eigenvalue weighted by Crippen LogP contribution is 2.15. The molecule has 0 saturated carbocycles. The van der Waals surface area contributed by atoms with E-state index < -0.39 is 17.1 Å². The molecule has 9 heteroatoms. The molecule has 1 fully saturated rings. The van der Waals surface area contributed by atoms with Crippen molar-refractivity contribution < 1.29 is 22.7 Å². The van der Waals surface area contributed by atoms with Crippen molar-refractivity contribution in [1.29, 1.82) is 0 Å². The van der Waals surface area contributed by atoms with Crippen molar-refractivity contribution in [3.8, 4) is 0 Å². The van der Waals surface area contributed by atoms with Gasteiger partial charge in [-0.1, -0.05) is 18.2 Å². The Bertz CT molecular complexity index is 907. The Morgan fingerprint density at radius 2 is 1.66 bits per heavy atom. The quantitative estimate of drug-likeness (QED) is 0.728. The van der Waals surface area contributed by atoms with E-state index in [-0.39, 0.29) is 18.2 Å². The first-order valence-corrected chi connectivity index (χ1v) is 10.3. The van der Waals surface area contributed by atoms with Gasteiger partial charge < -0.3 is 9.80 Å². The van der Waals surface area contributed by atoms with E-state index in [9.17, 15) is 18.2 Å². The number of nitrogens with one attached hydrogen (secondary N) is 1. The lowest BCUT2D eigenvalue weighted by atomic mass is 10.1. The second-order valence-electron chi connectivity index (χ2n) is 6.72. The summed E-state index contributed by atoms with van der Waals surface area (Å²) in [6, 6.07) is 12.5. The van der Waals surface area contributed by atoms with Crippen molar-refractivity contribution >= 4 is 28.8 Å². The first kappa shape index (κ1) is 20.9. The van der Waals surface area contributed by atoms with Crippen LogP contribution in [-0.2, 0) is 22.5 Å². The van der Waals surface area contributed by atoms with Crippen LogP contribution in [0.2, 0.25) is 0 Å². The molecule has 29 heavy (non-hydrogen) atoms. The van der Waals surface area contributed by atoms with Crippen molar-refractivity contribution in [1.82, 2.24) is 9.80 Å². The molecule has 1 unspecified atom stereocenters. The van der Waals surface area contributed by atoms with E-state index >= 15 is 0 Å². The second-order valence-corrected chi connectivity index (χ2v) is 7.43. The van der Waals surface area contributed by atoms with E-state index in [0.29, 0.717) is 49.4 Å². The summed E-state index contributed by atoms with van der Waals surface area (Å²) in [5.74, 6) is -0.711. The van der Waals surface area contributed by atoms with Gasteiger partial charge in [0.1, 0.15) is 5.82 Å². The zero-order valence-corrected chi connectivity index (χ0v) is 16.5. The summed E-state index contributed by atoms with van der Waals surface area (Å²) in [4.78, 5) is 28.6. The van der Waals surface area contributed by atoms with Crippen LogP contribution in [-0.4, -0.2) is 56.6 Å². The SMILES string of the molecule is O=C(Cc1ccccc1F)N1CCCN(C(=O)c2ccc(NS(=O)O)cc2)CC1. The minimum absolute atomic E-state index is 0.00130. The fraction of sp³-hybridized carbons (Fsp3) is 0.300. The zero-order valence-electron chi connectivity index (χ0n) is 15.7. The molecule has 7 nitrogen and oxygen atoms in total. The lowest BCUT2D eigenvalue weighted by Gasteiger charge is -2.22. The third kappa shape index (κ3) is 5.61. The summed E-state index contributed by atoms with van der Waals surface area (Å²) in [7, 11) is 0. The molecule has 0 aliphatic carbocycles. The highest BCUT2D eigenvalue weighted by molar-refractivity contribution is 7.80. The predicted octanol–water partition coefficient (Wildman–Crippen LogP) is 2.29. The van der Waals surface area contributed by atoms with Crippen LogP contribution in [0, 0.1) is 5.82 Å². The maximum atomic E-state index is 13.8. The average molecular weight is 419 g/mol. The molecule has 0 aromatic heterocycles. The number of carbonyl (C=O) groups excluding carboxylic acids is 2. The lowest BCUT2D eigenvalue weighted by Crippen LogP contribution is -2.38. The van der Waals surface area contributed by atoms with Gasteiger partial charge in [-0.05, 0) is 42.3 Å². The van der Waals surface area contributed by atoms with Gasteiger partial charge in [-0.3, -0.25) is 18.9 Å². The molecule has 1 aliphatic rings. The van der Waals surface area contributed by atoms with Crippen molar-refractivity contribution in [2.24, 2.45) is 0 Å². The van der Waals surface area contributed by atoms with Crippen molar-refractivity contribution in [2.45, 2.75) is 12.8 Å². The molecular weight excluding hydrogens is 397 g/mol. The number of rotatable bonds is 5. The molecule has 3 rings (SSSR count). The van der Waals surface area contributed by atoms with Crippen LogP contribution in [0.15, 0.2) is 48.5 Å². The molecule has 1 saturated heterocycles. The van der Waals surface area contributed by atoms with Gasteiger partial charge in [-0.25, -0.2) is 8.60 Å². The maximum Gasteiger partial charge on any atom is 0.259 e. The van der Waals surface area contributed by atoms with E-state index in [0.717, 1.165) is 0 Å². The maximum absolute atomic E-state index is 13.8. The van der Waals surface area contributed by atoms with Gasteiger partial charge in [0.15, 0.2) is 0 Å². The zero-order chi connectivity index (χ0) is 20.8. The molecule has 2 aromatic rings. The first-order chi connectivity index (χ1) is 13.9. The van der Waals surface area contributed by atoms with Crippen LogP contribution in [0.1, 0.15) is 22.3 Å². The minimum Gasteiger partial charge on any atom is -0.341 e. The molecule has 2 amide bonds. The van der Waals surface area contributed by atoms with E-state index in [2.05, 4.69) is 4.72 Å². The number of amides is 2. The Kier molecular flexibility index (Phi) is 6.95. The van der Waals surface area contributed by atoms with Crippen LogP contribution in [0.25, 0.3) is 0 Å². The monoisotopic (exact) mass is 419 g/mol. The Morgan fingerprint density at radius 3 is 2.34 bits per heavy atom. The Labute approximate surface area is 170 Å². The van der Waals surface area contributed by atoms with Crippen molar-refractivity contribution in [3.63, 3.8) is 0 Å². The predicted molar refractivity (Wildman–Crippen MR) is 108 cm³/mol. The topological polar surface area (TPSA) is 90.0 Å². The molecule has 0 radical (unpaired) electrons. The van der Waals surface area contributed by atoms with Crippen LogP contribution >= 0.6 is 0 Å². The Balaban J connectivity index is 1.59. The molecule has 1 atom stereocenters. The average Bonchev–Trinajstić information content (AvgIpc) is 2.96. The molecule has 2 aromatic carbocycles. The van der Waals surface area contributed by atoms with Gasteiger partial charge in [0, 0.05) is 37.4 Å². The van der Waals surface area contributed by atoms with E-state index in [1.807, 2.05) is 0 Å². The van der Waals surface area contributed by atoms with Gasteiger partial charge in [-0.2, -0.15) is 0 Å². The summed E-state index contributed by atoms with van der Waals surface area (Å²) in [5, 5.41) is 0. The number of benzene rings is 2. The Hall–Kier alpha value is -2.78. The summed E-state index contributed by atoms with van der Waals surface area (Å²) in [6.07, 6.45) is 0.638. The first-order valence-electron chi connectivity index (χ1n) is 9.22. The third-order valence-corrected chi connectivity index (χ3v) is 5.18. The van der Waals surface area contributed by atoms with Gasteiger partial charge in [0.2, 0.25) is 5.91 Å². The molecule has 1 heterocycles. The molecular formula is C20H22FN3O4S. The van der Waals surface area contributed by atoms with Crippen molar-refractivity contribution in [2.75, 3.05) is 30.9 Å². The van der Waals surface area contributed by atoms with Crippen LogP contribution < -0.4 is 4.72 Å². The minimum atomic E-state index is -2.17. The largest absolute Gasteiger partial charge is 0.341 e. The van der Waals surface area contributed by atoms with E-state index in [4.69, 9.17) is 4.55 Å². The molecule has 1 aliphatic heterocycles. The normalized spacial score (nSPS) is 15.5. The number of hydrogen-bond acceptors (Lipinski definition) is 3. The molecule has 154 valence electrons. The van der Waals surface area contributed by atoms with E-state index in [1.165, 1.54) is 6.07 Å². The van der Waals surface area contributed by atoms with Crippen LogP contribution in [0.4, 0.5) is 10.1 Å². The molecule has 0 bridgehead atoms. The second kappa shape index (κ2) is 9.62. The Morgan fingerprint density at radius 1 is 1.00 bits per heavy atom. The summed E-state index contributed by atoms with van der Waals surface area (Å²) < 4.78 is 35.7. The van der Waals surface area contributed by atoms with Crippen LogP contribution in [0.5, 0.6) is 0 Å². The van der Waals surface area contributed by atoms with Crippen molar-refractivity contribution in [3.05, 3.63) is 65.5 Å². The number of hydrogen-bond donors (Lipinski definition) is 2. The highest BCUT2D eigenvalue weighted by Gasteiger charge is 2.23. The van der Waals surface area contributed by atoms with Gasteiger partial charge in [0.25, 0.3) is 17.2 Å². The van der Waals surface area contributed by atoms with Gasteiger partial charge >= 0.3 is 0 Å². The number of carbonyl (C=O) groups is 2. The number of anilines is 1. The van der Waals surface area contributed by atoms with E-state index in [1.54, 1.807) is 52.3 Å². The lowest BCUT2D eigenvalue weighted by molar-refractivity contribution is -0.130. The highest BCUT2D eigenvalue weighted by atomic mass is 32.2. The number of halogens is 1. The fourth-order valence-electron chi connectivity index (χ4n) is 3.25. The smallest absolute Gasteiger partial charge is 0.259 e. The standard InChI is InChI=1S/C20H22FN3O4S/c21-18-5-2-1-4-16(18)14-19(25)23-10-3-11-24(13-12-23)20(26)15-6-8-17(9-7-15)22-29(27)28/h1-2,4-9,22H,3,10-14H2,(H,27,28). The molecule has 0 spiro atoms. The fourth-order valence-corrected chi connectivity index (χ4v) is 3.59. The summed E-state index contributed by atoms with van der Waals surface area (Å²) >= 11 is -2.17. The number of nitrogens with zero attached hydrogens (tertiary/aromatic N) is 2. The molecule has 2 N–H and O–H groups in total. The van der Waals surface area contributed by atoms with Crippen LogP contribution in [0.3, 0.4) is 0 Å². The van der Waals surface area contributed by atoms with Gasteiger partial charge in [-0.15, -0.1) is 0 Å². The third-order valence-electron chi connectivity index (χ3n) is 4.77.